The van der Waals surface area contributed by atoms with Crippen molar-refractivity contribution in [2.24, 2.45) is 0 Å². The van der Waals surface area contributed by atoms with E-state index < -0.39 is 0 Å². The van der Waals surface area contributed by atoms with Gasteiger partial charge in [-0.1, -0.05) is 6.92 Å². The van der Waals surface area contributed by atoms with Gasteiger partial charge in [0.05, 0.1) is 5.56 Å². The van der Waals surface area contributed by atoms with Crippen molar-refractivity contribution < 1.29 is 4.79 Å². The van der Waals surface area contributed by atoms with Crippen LogP contribution in [0.25, 0.3) is 0 Å². The second kappa shape index (κ2) is 7.38. The third-order valence-electron chi connectivity index (χ3n) is 4.29. The molecule has 0 radical (unpaired) electrons. The number of amides is 1. The summed E-state index contributed by atoms with van der Waals surface area (Å²) in [4.78, 5) is 25.4. The summed E-state index contributed by atoms with van der Waals surface area (Å²) in [5, 5.41) is 0. The number of rotatable bonds is 5. The molecule has 1 aromatic rings. The van der Waals surface area contributed by atoms with Crippen LogP contribution in [0.3, 0.4) is 0 Å². The summed E-state index contributed by atoms with van der Waals surface area (Å²) in [5.41, 5.74) is 0.603. The number of piperidine rings is 1. The van der Waals surface area contributed by atoms with Crippen LogP contribution in [0.4, 0.5) is 5.95 Å². The Kier molecular flexibility index (Phi) is 5.53. The zero-order valence-corrected chi connectivity index (χ0v) is 13.4. The molecule has 0 bridgehead atoms. The van der Waals surface area contributed by atoms with Gasteiger partial charge < -0.3 is 9.80 Å². The predicted molar refractivity (Wildman–Crippen MR) is 84.6 cm³/mol. The number of carbonyl (C=O) groups is 1. The van der Waals surface area contributed by atoms with E-state index in [1.807, 2.05) is 4.90 Å². The standard InChI is InChI=1S/C16H26N4O/c1-4-14-9-7-8-10-20(14)15(21)13-11-17-16(18-12-13)19(5-2)6-3/h11-12,14H,4-10H2,1-3H3. The highest BCUT2D eigenvalue weighted by molar-refractivity contribution is 5.94. The minimum atomic E-state index is 0.0765. The van der Waals surface area contributed by atoms with E-state index in [4.69, 9.17) is 0 Å². The van der Waals surface area contributed by atoms with Gasteiger partial charge in [-0.25, -0.2) is 9.97 Å². The molecule has 0 aliphatic carbocycles. The van der Waals surface area contributed by atoms with Crippen molar-refractivity contribution in [3.63, 3.8) is 0 Å². The normalized spacial score (nSPS) is 18.6. The number of hydrogen-bond donors (Lipinski definition) is 0. The van der Waals surface area contributed by atoms with Crippen molar-refractivity contribution in [3.05, 3.63) is 18.0 Å². The smallest absolute Gasteiger partial charge is 0.257 e. The van der Waals surface area contributed by atoms with Crippen molar-refractivity contribution in [3.8, 4) is 0 Å². The Morgan fingerprint density at radius 3 is 2.48 bits per heavy atom. The van der Waals surface area contributed by atoms with Crippen molar-refractivity contribution in [1.29, 1.82) is 0 Å². The fourth-order valence-electron chi connectivity index (χ4n) is 2.96. The average molecular weight is 290 g/mol. The van der Waals surface area contributed by atoms with E-state index in [0.29, 0.717) is 17.6 Å². The molecule has 1 aliphatic rings. The zero-order chi connectivity index (χ0) is 15.2. The minimum absolute atomic E-state index is 0.0765. The molecule has 1 unspecified atom stereocenters. The molecule has 0 saturated carbocycles. The molecule has 1 aliphatic heterocycles. The van der Waals surface area contributed by atoms with Gasteiger partial charge in [0.2, 0.25) is 5.95 Å². The summed E-state index contributed by atoms with van der Waals surface area (Å²) in [6.45, 7) is 8.89. The van der Waals surface area contributed by atoms with Gasteiger partial charge in [-0.05, 0) is 39.5 Å². The van der Waals surface area contributed by atoms with Gasteiger partial charge in [0.25, 0.3) is 5.91 Å². The molecular weight excluding hydrogens is 264 g/mol. The van der Waals surface area contributed by atoms with Crippen LogP contribution < -0.4 is 4.90 Å². The first kappa shape index (κ1) is 15.7. The summed E-state index contributed by atoms with van der Waals surface area (Å²) in [6, 6.07) is 0.369. The van der Waals surface area contributed by atoms with E-state index in [2.05, 4.69) is 35.6 Å². The van der Waals surface area contributed by atoms with Gasteiger partial charge in [-0.15, -0.1) is 0 Å². The minimum Gasteiger partial charge on any atom is -0.341 e. The molecule has 1 fully saturated rings. The fraction of sp³-hybridized carbons (Fsp3) is 0.688. The zero-order valence-electron chi connectivity index (χ0n) is 13.4. The van der Waals surface area contributed by atoms with Crippen molar-refractivity contribution in [1.82, 2.24) is 14.9 Å². The van der Waals surface area contributed by atoms with Crippen LogP contribution in [0.1, 0.15) is 56.8 Å². The van der Waals surface area contributed by atoms with Crippen molar-refractivity contribution in [2.45, 2.75) is 52.5 Å². The first-order valence-corrected chi connectivity index (χ1v) is 8.09. The Morgan fingerprint density at radius 2 is 1.90 bits per heavy atom. The molecule has 0 aromatic carbocycles. The van der Waals surface area contributed by atoms with Crippen LogP contribution in [0.15, 0.2) is 12.4 Å². The molecule has 1 saturated heterocycles. The number of anilines is 1. The van der Waals surface area contributed by atoms with Gasteiger partial charge in [-0.3, -0.25) is 4.79 Å². The van der Waals surface area contributed by atoms with E-state index >= 15 is 0 Å². The molecule has 2 heterocycles. The fourth-order valence-corrected chi connectivity index (χ4v) is 2.96. The summed E-state index contributed by atoms with van der Waals surface area (Å²) in [7, 11) is 0. The maximum atomic E-state index is 12.6. The molecule has 116 valence electrons. The van der Waals surface area contributed by atoms with E-state index in [1.165, 1.54) is 6.42 Å². The highest BCUT2D eigenvalue weighted by atomic mass is 16.2. The molecule has 21 heavy (non-hydrogen) atoms. The lowest BCUT2D eigenvalue weighted by Gasteiger charge is -2.35. The van der Waals surface area contributed by atoms with E-state index in [0.717, 1.165) is 38.9 Å². The lowest BCUT2D eigenvalue weighted by molar-refractivity contribution is 0.0607. The topological polar surface area (TPSA) is 49.3 Å². The Balaban J connectivity index is 2.12. The van der Waals surface area contributed by atoms with Crippen LogP contribution in [-0.4, -0.2) is 46.5 Å². The molecule has 1 aromatic heterocycles. The maximum Gasteiger partial charge on any atom is 0.257 e. The summed E-state index contributed by atoms with van der Waals surface area (Å²) in [6.07, 6.45) is 7.79. The lowest BCUT2D eigenvalue weighted by Crippen LogP contribution is -2.43. The molecule has 1 amide bonds. The molecule has 5 nitrogen and oxygen atoms in total. The quantitative estimate of drug-likeness (QED) is 0.836. The first-order valence-electron chi connectivity index (χ1n) is 8.09. The number of hydrogen-bond acceptors (Lipinski definition) is 4. The van der Waals surface area contributed by atoms with Gasteiger partial charge in [0.1, 0.15) is 0 Å². The number of likely N-dealkylation sites (tertiary alicyclic amines) is 1. The molecule has 1 atom stereocenters. The third kappa shape index (κ3) is 3.52. The Bertz CT molecular complexity index is 456. The maximum absolute atomic E-state index is 12.6. The Labute approximate surface area is 127 Å². The van der Waals surface area contributed by atoms with Crippen LogP contribution in [0, 0.1) is 0 Å². The molecule has 2 rings (SSSR count). The number of nitrogens with zero attached hydrogens (tertiary/aromatic N) is 4. The summed E-state index contributed by atoms with van der Waals surface area (Å²) in [5.74, 6) is 0.773. The van der Waals surface area contributed by atoms with E-state index in [1.54, 1.807) is 12.4 Å². The van der Waals surface area contributed by atoms with E-state index in [-0.39, 0.29) is 5.91 Å². The Morgan fingerprint density at radius 1 is 1.24 bits per heavy atom. The third-order valence-corrected chi connectivity index (χ3v) is 4.29. The average Bonchev–Trinajstić information content (AvgIpc) is 2.56. The van der Waals surface area contributed by atoms with Crippen LogP contribution in [0.2, 0.25) is 0 Å². The molecule has 0 N–H and O–H groups in total. The molecule has 0 spiro atoms. The van der Waals surface area contributed by atoms with Gasteiger partial charge in [-0.2, -0.15) is 0 Å². The van der Waals surface area contributed by atoms with Gasteiger partial charge >= 0.3 is 0 Å². The largest absolute Gasteiger partial charge is 0.341 e. The monoisotopic (exact) mass is 290 g/mol. The van der Waals surface area contributed by atoms with Crippen LogP contribution in [-0.2, 0) is 0 Å². The summed E-state index contributed by atoms with van der Waals surface area (Å²) >= 11 is 0. The van der Waals surface area contributed by atoms with Crippen LogP contribution in [0.5, 0.6) is 0 Å². The first-order chi connectivity index (χ1) is 10.2. The predicted octanol–water partition coefficient (Wildman–Crippen LogP) is 2.73. The number of aromatic nitrogens is 2. The Hall–Kier alpha value is -1.65. The second-order valence-corrected chi connectivity index (χ2v) is 5.50. The SMILES string of the molecule is CCC1CCCCN1C(=O)c1cnc(N(CC)CC)nc1. The van der Waals surface area contributed by atoms with Crippen molar-refractivity contribution >= 4 is 11.9 Å². The second-order valence-electron chi connectivity index (χ2n) is 5.50. The van der Waals surface area contributed by atoms with Crippen LogP contribution >= 0.6 is 0 Å². The molecular formula is C16H26N4O. The van der Waals surface area contributed by atoms with Gasteiger partial charge in [0, 0.05) is 38.1 Å². The molecule has 5 heteroatoms. The van der Waals surface area contributed by atoms with Crippen molar-refractivity contribution in [2.75, 3.05) is 24.5 Å². The summed E-state index contributed by atoms with van der Waals surface area (Å²) < 4.78 is 0. The number of carbonyl (C=O) groups excluding carboxylic acids is 1. The lowest BCUT2D eigenvalue weighted by atomic mass is 9.99. The van der Waals surface area contributed by atoms with Gasteiger partial charge in [0.15, 0.2) is 0 Å². The highest BCUT2D eigenvalue weighted by Crippen LogP contribution is 2.21. The highest BCUT2D eigenvalue weighted by Gasteiger charge is 2.26. The van der Waals surface area contributed by atoms with E-state index in [9.17, 15) is 4.79 Å².